The molecule has 108 valence electrons. The van der Waals surface area contributed by atoms with Crippen molar-refractivity contribution >= 4 is 0 Å². The van der Waals surface area contributed by atoms with Crippen molar-refractivity contribution in [3.63, 3.8) is 0 Å². The van der Waals surface area contributed by atoms with Crippen LogP contribution in [0.25, 0.3) is 5.69 Å². The van der Waals surface area contributed by atoms with Crippen LogP contribution in [0.15, 0.2) is 30.5 Å². The second-order valence-electron chi connectivity index (χ2n) is 5.67. The van der Waals surface area contributed by atoms with Gasteiger partial charge < -0.3 is 10.1 Å². The summed E-state index contributed by atoms with van der Waals surface area (Å²) in [6.07, 6.45) is 1.75. The Labute approximate surface area is 118 Å². The number of benzene rings is 1. The molecule has 5 heteroatoms. The molecule has 1 aromatic carbocycles. The standard InChI is InChI=1S/C15H20FN3O/c1-15(2,3)17-10-11-7-8-19(18-11)14-9-12(20-4)5-6-13(14)16/h5-9,17H,10H2,1-4H3. The number of methoxy groups -OCH3 is 1. The minimum atomic E-state index is -0.329. The fourth-order valence-corrected chi connectivity index (χ4v) is 1.74. The van der Waals surface area contributed by atoms with E-state index in [1.165, 1.54) is 10.7 Å². The van der Waals surface area contributed by atoms with E-state index in [9.17, 15) is 4.39 Å². The van der Waals surface area contributed by atoms with E-state index in [0.29, 0.717) is 18.0 Å². The molecule has 0 fully saturated rings. The molecule has 20 heavy (non-hydrogen) atoms. The number of hydrogen-bond donors (Lipinski definition) is 1. The first kappa shape index (κ1) is 14.5. The fourth-order valence-electron chi connectivity index (χ4n) is 1.74. The van der Waals surface area contributed by atoms with Crippen molar-refractivity contribution in [2.24, 2.45) is 0 Å². The molecule has 0 atom stereocenters. The van der Waals surface area contributed by atoms with Gasteiger partial charge in [-0.3, -0.25) is 0 Å². The Morgan fingerprint density at radius 1 is 1.30 bits per heavy atom. The van der Waals surface area contributed by atoms with Crippen molar-refractivity contribution in [2.75, 3.05) is 7.11 Å². The Bertz CT molecular complexity index is 587. The topological polar surface area (TPSA) is 39.1 Å². The Kier molecular flexibility index (Phi) is 4.09. The van der Waals surface area contributed by atoms with Crippen LogP contribution in [-0.4, -0.2) is 22.4 Å². The molecule has 0 amide bonds. The lowest BCUT2D eigenvalue weighted by Crippen LogP contribution is -2.35. The maximum atomic E-state index is 13.8. The van der Waals surface area contributed by atoms with Crippen LogP contribution in [0.5, 0.6) is 5.75 Å². The summed E-state index contributed by atoms with van der Waals surface area (Å²) in [5.74, 6) is 0.274. The molecule has 0 radical (unpaired) electrons. The van der Waals surface area contributed by atoms with Crippen molar-refractivity contribution < 1.29 is 9.13 Å². The minimum Gasteiger partial charge on any atom is -0.497 e. The molecule has 2 aromatic rings. The smallest absolute Gasteiger partial charge is 0.149 e. The van der Waals surface area contributed by atoms with E-state index in [1.807, 2.05) is 6.07 Å². The zero-order valence-electron chi connectivity index (χ0n) is 12.3. The van der Waals surface area contributed by atoms with Gasteiger partial charge in [0.1, 0.15) is 17.3 Å². The molecular weight excluding hydrogens is 257 g/mol. The molecule has 2 rings (SSSR count). The summed E-state index contributed by atoms with van der Waals surface area (Å²) in [6.45, 7) is 6.91. The Morgan fingerprint density at radius 3 is 2.70 bits per heavy atom. The number of nitrogens with one attached hydrogen (secondary N) is 1. The quantitative estimate of drug-likeness (QED) is 0.934. The van der Waals surface area contributed by atoms with Gasteiger partial charge in [-0.15, -0.1) is 0 Å². The molecule has 0 bridgehead atoms. The van der Waals surface area contributed by atoms with Crippen LogP contribution in [0, 0.1) is 5.82 Å². The number of ether oxygens (including phenoxy) is 1. The number of halogens is 1. The molecule has 1 N–H and O–H groups in total. The Morgan fingerprint density at radius 2 is 2.05 bits per heavy atom. The molecule has 0 saturated carbocycles. The average molecular weight is 277 g/mol. The number of rotatable bonds is 4. The van der Waals surface area contributed by atoms with Crippen LogP contribution in [0.3, 0.4) is 0 Å². The third kappa shape index (κ3) is 3.57. The lowest BCUT2D eigenvalue weighted by molar-refractivity contribution is 0.413. The number of nitrogens with zero attached hydrogens (tertiary/aromatic N) is 2. The maximum absolute atomic E-state index is 13.8. The average Bonchev–Trinajstić information content (AvgIpc) is 2.85. The highest BCUT2D eigenvalue weighted by molar-refractivity contribution is 5.40. The zero-order valence-corrected chi connectivity index (χ0v) is 12.3. The minimum absolute atomic E-state index is 0.0188. The van der Waals surface area contributed by atoms with Gasteiger partial charge in [0.25, 0.3) is 0 Å². The lowest BCUT2D eigenvalue weighted by Gasteiger charge is -2.19. The van der Waals surface area contributed by atoms with Gasteiger partial charge in [0.05, 0.1) is 12.8 Å². The first-order chi connectivity index (χ1) is 9.39. The third-order valence-corrected chi connectivity index (χ3v) is 2.84. The molecule has 1 heterocycles. The molecule has 4 nitrogen and oxygen atoms in total. The van der Waals surface area contributed by atoms with Gasteiger partial charge in [-0.2, -0.15) is 5.10 Å². The van der Waals surface area contributed by atoms with Gasteiger partial charge in [0.15, 0.2) is 0 Å². The van der Waals surface area contributed by atoms with E-state index in [1.54, 1.807) is 25.4 Å². The van der Waals surface area contributed by atoms with Crippen LogP contribution in [0.4, 0.5) is 4.39 Å². The zero-order chi connectivity index (χ0) is 14.8. The highest BCUT2D eigenvalue weighted by Crippen LogP contribution is 2.20. The Hall–Kier alpha value is -1.88. The molecule has 0 aliphatic carbocycles. The fraction of sp³-hybridized carbons (Fsp3) is 0.400. The van der Waals surface area contributed by atoms with Crippen molar-refractivity contribution in [1.29, 1.82) is 0 Å². The summed E-state index contributed by atoms with van der Waals surface area (Å²) in [4.78, 5) is 0. The third-order valence-electron chi connectivity index (χ3n) is 2.84. The van der Waals surface area contributed by atoms with Crippen molar-refractivity contribution in [3.8, 4) is 11.4 Å². The van der Waals surface area contributed by atoms with Gasteiger partial charge in [0.2, 0.25) is 0 Å². The molecule has 0 unspecified atom stereocenters. The van der Waals surface area contributed by atoms with E-state index in [4.69, 9.17) is 4.74 Å². The van der Waals surface area contributed by atoms with Crippen molar-refractivity contribution in [2.45, 2.75) is 32.9 Å². The van der Waals surface area contributed by atoms with E-state index >= 15 is 0 Å². The number of aromatic nitrogens is 2. The first-order valence-corrected chi connectivity index (χ1v) is 6.52. The maximum Gasteiger partial charge on any atom is 0.149 e. The summed E-state index contributed by atoms with van der Waals surface area (Å²) in [6, 6.07) is 6.47. The Balaban J connectivity index is 2.20. The summed E-state index contributed by atoms with van der Waals surface area (Å²) >= 11 is 0. The monoisotopic (exact) mass is 277 g/mol. The van der Waals surface area contributed by atoms with E-state index < -0.39 is 0 Å². The van der Waals surface area contributed by atoms with Gasteiger partial charge >= 0.3 is 0 Å². The first-order valence-electron chi connectivity index (χ1n) is 6.52. The lowest BCUT2D eigenvalue weighted by atomic mass is 10.1. The summed E-state index contributed by atoms with van der Waals surface area (Å²) in [7, 11) is 1.55. The molecule has 1 aromatic heterocycles. The largest absolute Gasteiger partial charge is 0.497 e. The van der Waals surface area contributed by atoms with Gasteiger partial charge in [-0.1, -0.05) is 0 Å². The van der Waals surface area contributed by atoms with Crippen LogP contribution < -0.4 is 10.1 Å². The SMILES string of the molecule is COc1ccc(F)c(-n2ccc(CNC(C)(C)C)n2)c1. The normalized spacial score (nSPS) is 11.7. The van der Waals surface area contributed by atoms with Crippen molar-refractivity contribution in [1.82, 2.24) is 15.1 Å². The van der Waals surface area contributed by atoms with E-state index in [0.717, 1.165) is 5.69 Å². The van der Waals surface area contributed by atoms with Gasteiger partial charge in [-0.05, 0) is 39.0 Å². The highest BCUT2D eigenvalue weighted by atomic mass is 19.1. The van der Waals surface area contributed by atoms with Crippen LogP contribution in [0.2, 0.25) is 0 Å². The van der Waals surface area contributed by atoms with Gasteiger partial charge in [-0.25, -0.2) is 9.07 Å². The highest BCUT2D eigenvalue weighted by Gasteiger charge is 2.11. The van der Waals surface area contributed by atoms with Gasteiger partial charge in [0, 0.05) is 24.3 Å². The predicted octanol–water partition coefficient (Wildman–Crippen LogP) is 2.91. The summed E-state index contributed by atoms with van der Waals surface area (Å²) in [5, 5.41) is 7.72. The van der Waals surface area contributed by atoms with E-state index in [2.05, 4.69) is 31.2 Å². The van der Waals surface area contributed by atoms with E-state index in [-0.39, 0.29) is 11.4 Å². The number of hydrogen-bond acceptors (Lipinski definition) is 3. The van der Waals surface area contributed by atoms with Crippen molar-refractivity contribution in [3.05, 3.63) is 42.0 Å². The van der Waals surface area contributed by atoms with Crippen LogP contribution >= 0.6 is 0 Å². The second-order valence-corrected chi connectivity index (χ2v) is 5.67. The second kappa shape index (κ2) is 5.63. The summed E-state index contributed by atoms with van der Waals surface area (Å²) in [5.41, 5.74) is 1.26. The van der Waals surface area contributed by atoms with Crippen LogP contribution in [0.1, 0.15) is 26.5 Å². The molecule has 0 aliphatic rings. The predicted molar refractivity (Wildman–Crippen MR) is 76.7 cm³/mol. The molecule has 0 aliphatic heterocycles. The van der Waals surface area contributed by atoms with Crippen LogP contribution in [-0.2, 0) is 6.54 Å². The molecular formula is C15H20FN3O. The molecule has 0 saturated heterocycles. The molecule has 0 spiro atoms. The summed E-state index contributed by atoms with van der Waals surface area (Å²) < 4.78 is 20.5.